The van der Waals surface area contributed by atoms with Crippen LogP contribution in [0.15, 0.2) is 29.1 Å². The minimum absolute atomic E-state index is 0.0690. The summed E-state index contributed by atoms with van der Waals surface area (Å²) in [4.78, 5) is 41.8. The number of carbonyl (C=O) groups is 2. The fourth-order valence-electron chi connectivity index (χ4n) is 4.59. The van der Waals surface area contributed by atoms with Gasteiger partial charge < -0.3 is 10.3 Å². The van der Waals surface area contributed by atoms with Crippen molar-refractivity contribution in [2.24, 2.45) is 5.92 Å². The molecule has 1 aliphatic carbocycles. The monoisotopic (exact) mass is 414 g/mol. The zero-order valence-corrected chi connectivity index (χ0v) is 17.1. The molecule has 0 radical (unpaired) electrons. The fourth-order valence-corrected chi connectivity index (χ4v) is 4.59. The van der Waals surface area contributed by atoms with Gasteiger partial charge in [0.1, 0.15) is 11.6 Å². The quantitative estimate of drug-likeness (QED) is 0.736. The van der Waals surface area contributed by atoms with Gasteiger partial charge in [0.25, 0.3) is 5.91 Å². The lowest BCUT2D eigenvalue weighted by Gasteiger charge is -2.33. The lowest BCUT2D eigenvalue weighted by molar-refractivity contribution is -0.124. The molecular weight excluding hydrogens is 387 g/mol. The molecule has 0 saturated carbocycles. The smallest absolute Gasteiger partial charge is 0.326 e. The number of imidazole rings is 1. The molecular formula is C22H27FN4O3. The molecule has 30 heavy (non-hydrogen) atoms. The van der Waals surface area contributed by atoms with Gasteiger partial charge in [-0.3, -0.25) is 19.1 Å². The number of ketones is 1. The number of piperidine rings is 1. The van der Waals surface area contributed by atoms with Crippen LogP contribution in [0.3, 0.4) is 0 Å². The Balaban J connectivity index is 1.47. The number of hydrogen-bond acceptors (Lipinski definition) is 4. The largest absolute Gasteiger partial charge is 0.355 e. The summed E-state index contributed by atoms with van der Waals surface area (Å²) in [7, 11) is 1.43. The number of benzene rings is 1. The molecule has 1 atom stereocenters. The molecule has 1 aliphatic heterocycles. The maximum atomic E-state index is 14.5. The summed E-state index contributed by atoms with van der Waals surface area (Å²) in [5.74, 6) is -0.763. The molecule has 1 amide bonds. The van der Waals surface area contributed by atoms with Crippen LogP contribution < -0.4 is 11.0 Å². The number of carbonyl (C=O) groups excluding carboxylic acids is 2. The number of likely N-dealkylation sites (tertiary alicyclic amines) is 1. The van der Waals surface area contributed by atoms with Crippen molar-refractivity contribution in [2.75, 3.05) is 26.7 Å². The van der Waals surface area contributed by atoms with Crippen LogP contribution in [0.1, 0.15) is 48.5 Å². The molecule has 2 N–H and O–H groups in total. The van der Waals surface area contributed by atoms with Crippen molar-refractivity contribution in [3.8, 4) is 0 Å². The lowest BCUT2D eigenvalue weighted by atomic mass is 9.90. The number of Topliss-reactive ketones (excluding diaryl/α,β-unsaturated/α-hetero) is 1. The van der Waals surface area contributed by atoms with Crippen LogP contribution in [0.4, 0.5) is 4.39 Å². The number of H-pyrrole nitrogens is 1. The molecule has 8 heteroatoms. The standard InChI is InChI=1S/C22H27FN4O3/c1-24-21(29)16-11-18-19(12-17(16)23)27(22(30)25-18)15-7-9-26(10-8-15)13-20(28)14-5-3-2-4-6-14/h2-3,11-12,14-15H,4-10,13H2,1H3,(H,24,29)(H,25,30). The van der Waals surface area contributed by atoms with Crippen molar-refractivity contribution in [3.63, 3.8) is 0 Å². The highest BCUT2D eigenvalue weighted by atomic mass is 19.1. The van der Waals surface area contributed by atoms with E-state index in [1.807, 2.05) is 0 Å². The van der Waals surface area contributed by atoms with E-state index in [1.165, 1.54) is 19.2 Å². The summed E-state index contributed by atoms with van der Waals surface area (Å²) < 4.78 is 16.0. The number of aromatic nitrogens is 2. The van der Waals surface area contributed by atoms with Crippen molar-refractivity contribution in [1.29, 1.82) is 0 Å². The number of aromatic amines is 1. The van der Waals surface area contributed by atoms with Gasteiger partial charge in [-0.05, 0) is 38.2 Å². The predicted molar refractivity (Wildman–Crippen MR) is 112 cm³/mol. The summed E-state index contributed by atoms with van der Waals surface area (Å²) in [5.41, 5.74) is 0.517. The number of halogens is 1. The van der Waals surface area contributed by atoms with Crippen molar-refractivity contribution in [3.05, 3.63) is 46.1 Å². The van der Waals surface area contributed by atoms with E-state index >= 15 is 0 Å². The first kappa shape index (κ1) is 20.5. The molecule has 2 heterocycles. The number of amides is 1. The van der Waals surface area contributed by atoms with Gasteiger partial charge in [-0.2, -0.15) is 0 Å². The van der Waals surface area contributed by atoms with Gasteiger partial charge in [0.15, 0.2) is 0 Å². The average Bonchev–Trinajstić information content (AvgIpc) is 3.08. The summed E-state index contributed by atoms with van der Waals surface area (Å²) in [6, 6.07) is 2.57. The zero-order valence-electron chi connectivity index (χ0n) is 17.1. The van der Waals surface area contributed by atoms with E-state index in [1.54, 1.807) is 4.57 Å². The Morgan fingerprint density at radius 2 is 1.97 bits per heavy atom. The topological polar surface area (TPSA) is 87.2 Å². The molecule has 2 aliphatic rings. The van der Waals surface area contributed by atoms with E-state index in [9.17, 15) is 18.8 Å². The predicted octanol–water partition coefficient (Wildman–Crippen LogP) is 2.39. The molecule has 0 bridgehead atoms. The van der Waals surface area contributed by atoms with Gasteiger partial charge in [-0.1, -0.05) is 12.2 Å². The van der Waals surface area contributed by atoms with Gasteiger partial charge in [0.05, 0.1) is 23.1 Å². The van der Waals surface area contributed by atoms with E-state index in [0.29, 0.717) is 36.2 Å². The summed E-state index contributed by atoms with van der Waals surface area (Å²) in [6.45, 7) is 1.89. The molecule has 160 valence electrons. The molecule has 7 nitrogen and oxygen atoms in total. The van der Waals surface area contributed by atoms with E-state index in [0.717, 1.165) is 32.4 Å². The minimum Gasteiger partial charge on any atom is -0.355 e. The van der Waals surface area contributed by atoms with E-state index in [2.05, 4.69) is 27.4 Å². The average molecular weight is 414 g/mol. The zero-order chi connectivity index (χ0) is 21.3. The number of hydrogen-bond donors (Lipinski definition) is 2. The Labute approximate surface area is 173 Å². The van der Waals surface area contributed by atoms with Crippen LogP contribution in [-0.2, 0) is 4.79 Å². The minimum atomic E-state index is -0.654. The van der Waals surface area contributed by atoms with Crippen molar-refractivity contribution >= 4 is 22.7 Å². The first-order valence-corrected chi connectivity index (χ1v) is 10.5. The third-order valence-corrected chi connectivity index (χ3v) is 6.30. The summed E-state index contributed by atoms with van der Waals surface area (Å²) in [5, 5.41) is 2.40. The van der Waals surface area contributed by atoms with Crippen LogP contribution in [0.2, 0.25) is 0 Å². The Morgan fingerprint density at radius 3 is 2.63 bits per heavy atom. The Bertz CT molecular complexity index is 1050. The number of fused-ring (bicyclic) bond motifs is 1. The fraction of sp³-hybridized carbons (Fsp3) is 0.500. The molecule has 1 aromatic carbocycles. The number of allylic oxidation sites excluding steroid dienone is 2. The van der Waals surface area contributed by atoms with E-state index in [4.69, 9.17) is 0 Å². The molecule has 2 aromatic rings. The Hall–Kier alpha value is -2.74. The van der Waals surface area contributed by atoms with Gasteiger partial charge in [-0.25, -0.2) is 9.18 Å². The van der Waals surface area contributed by atoms with E-state index in [-0.39, 0.29) is 23.2 Å². The maximum absolute atomic E-state index is 14.5. The van der Waals surface area contributed by atoms with Gasteiger partial charge in [0, 0.05) is 38.2 Å². The Morgan fingerprint density at radius 1 is 1.20 bits per heavy atom. The SMILES string of the molecule is CNC(=O)c1cc2[nH]c(=O)n(C3CCN(CC(=O)C4CC=CCC4)CC3)c2cc1F. The lowest BCUT2D eigenvalue weighted by Crippen LogP contribution is -2.41. The second-order valence-electron chi connectivity index (χ2n) is 8.18. The first-order chi connectivity index (χ1) is 14.5. The molecule has 0 spiro atoms. The third kappa shape index (κ3) is 3.96. The molecule has 1 unspecified atom stereocenters. The van der Waals surface area contributed by atoms with Crippen LogP contribution in [-0.4, -0.2) is 52.8 Å². The highest BCUT2D eigenvalue weighted by Gasteiger charge is 2.27. The van der Waals surface area contributed by atoms with Crippen LogP contribution in [0.25, 0.3) is 11.0 Å². The summed E-state index contributed by atoms with van der Waals surface area (Å²) in [6.07, 6.45) is 8.39. The van der Waals surface area contributed by atoms with Gasteiger partial charge >= 0.3 is 5.69 Å². The van der Waals surface area contributed by atoms with Crippen LogP contribution in [0, 0.1) is 11.7 Å². The highest BCUT2D eigenvalue weighted by Crippen LogP contribution is 2.27. The van der Waals surface area contributed by atoms with Crippen LogP contribution >= 0.6 is 0 Å². The van der Waals surface area contributed by atoms with Gasteiger partial charge in [0.2, 0.25) is 0 Å². The van der Waals surface area contributed by atoms with Crippen molar-refractivity contribution in [2.45, 2.75) is 38.1 Å². The van der Waals surface area contributed by atoms with Crippen molar-refractivity contribution in [1.82, 2.24) is 19.8 Å². The molecule has 1 fully saturated rings. The van der Waals surface area contributed by atoms with E-state index < -0.39 is 11.7 Å². The van der Waals surface area contributed by atoms with Crippen molar-refractivity contribution < 1.29 is 14.0 Å². The third-order valence-electron chi connectivity index (χ3n) is 6.30. The number of nitrogens with one attached hydrogen (secondary N) is 2. The van der Waals surface area contributed by atoms with Gasteiger partial charge in [-0.15, -0.1) is 0 Å². The normalized spacial score (nSPS) is 20.5. The number of nitrogens with zero attached hydrogens (tertiary/aromatic N) is 2. The van der Waals surface area contributed by atoms with Crippen LogP contribution in [0.5, 0.6) is 0 Å². The second-order valence-corrected chi connectivity index (χ2v) is 8.18. The first-order valence-electron chi connectivity index (χ1n) is 10.5. The second kappa shape index (κ2) is 8.55. The number of rotatable bonds is 5. The molecule has 1 aromatic heterocycles. The Kier molecular flexibility index (Phi) is 5.85. The summed E-state index contributed by atoms with van der Waals surface area (Å²) >= 11 is 0. The molecule has 4 rings (SSSR count). The molecule has 1 saturated heterocycles. The maximum Gasteiger partial charge on any atom is 0.326 e. The highest BCUT2D eigenvalue weighted by molar-refractivity contribution is 5.97.